The Labute approximate surface area is 126 Å². The molecule has 0 bridgehead atoms. The number of hydrogen-bond acceptors (Lipinski definition) is 3. The van der Waals surface area contributed by atoms with E-state index < -0.39 is 0 Å². The maximum atomic E-state index is 5.97. The summed E-state index contributed by atoms with van der Waals surface area (Å²) in [5.74, 6) is 2.00. The molecule has 4 heteroatoms. The molecular formula is C16H23ClO3. The summed E-state index contributed by atoms with van der Waals surface area (Å²) in [5.41, 5.74) is 0.981. The van der Waals surface area contributed by atoms with Crippen LogP contribution in [0.2, 0.25) is 0 Å². The van der Waals surface area contributed by atoms with Crippen molar-refractivity contribution in [3.8, 4) is 11.5 Å². The SMILES string of the molecule is CCOc1cccc(CCl)c1OCCCC1CCCO1. The first-order valence-electron chi connectivity index (χ1n) is 7.40. The van der Waals surface area contributed by atoms with Gasteiger partial charge in [-0.15, -0.1) is 11.6 Å². The molecule has 1 fully saturated rings. The molecule has 1 unspecified atom stereocenters. The minimum Gasteiger partial charge on any atom is -0.490 e. The summed E-state index contributed by atoms with van der Waals surface area (Å²) in [5, 5.41) is 0. The minimum absolute atomic E-state index is 0.424. The Hall–Kier alpha value is -0.930. The van der Waals surface area contributed by atoms with Gasteiger partial charge in [-0.2, -0.15) is 0 Å². The van der Waals surface area contributed by atoms with E-state index in [0.29, 0.717) is 25.2 Å². The van der Waals surface area contributed by atoms with E-state index in [9.17, 15) is 0 Å². The topological polar surface area (TPSA) is 27.7 Å². The summed E-state index contributed by atoms with van der Waals surface area (Å²) in [7, 11) is 0. The first-order valence-corrected chi connectivity index (χ1v) is 7.93. The van der Waals surface area contributed by atoms with Crippen molar-refractivity contribution in [2.75, 3.05) is 19.8 Å². The highest BCUT2D eigenvalue weighted by Gasteiger charge is 2.15. The van der Waals surface area contributed by atoms with Crippen LogP contribution >= 0.6 is 11.6 Å². The second-order valence-electron chi connectivity index (χ2n) is 4.94. The van der Waals surface area contributed by atoms with Crippen LogP contribution in [0.3, 0.4) is 0 Å². The van der Waals surface area contributed by atoms with Crippen LogP contribution in [0, 0.1) is 0 Å². The van der Waals surface area contributed by atoms with Gasteiger partial charge in [0.05, 0.1) is 25.2 Å². The molecule has 0 saturated carbocycles. The zero-order valence-corrected chi connectivity index (χ0v) is 12.8. The van der Waals surface area contributed by atoms with Crippen LogP contribution in [0.5, 0.6) is 11.5 Å². The van der Waals surface area contributed by atoms with Crippen molar-refractivity contribution in [2.45, 2.75) is 44.6 Å². The Balaban J connectivity index is 1.86. The molecule has 0 amide bonds. The van der Waals surface area contributed by atoms with Crippen molar-refractivity contribution in [1.82, 2.24) is 0 Å². The Morgan fingerprint density at radius 3 is 2.95 bits per heavy atom. The molecule has 20 heavy (non-hydrogen) atoms. The molecule has 1 aromatic carbocycles. The number of rotatable bonds is 8. The summed E-state index contributed by atoms with van der Waals surface area (Å²) in [6, 6.07) is 5.85. The van der Waals surface area contributed by atoms with Gasteiger partial charge in [0.15, 0.2) is 11.5 Å². The summed E-state index contributed by atoms with van der Waals surface area (Å²) in [6.45, 7) is 4.18. The molecule has 0 N–H and O–H groups in total. The quantitative estimate of drug-likeness (QED) is 0.533. The summed E-state index contributed by atoms with van der Waals surface area (Å²) < 4.78 is 17.1. The van der Waals surface area contributed by atoms with Gasteiger partial charge in [0, 0.05) is 12.2 Å². The fourth-order valence-corrected chi connectivity index (χ4v) is 2.67. The lowest BCUT2D eigenvalue weighted by atomic mass is 10.1. The molecule has 1 saturated heterocycles. The molecule has 0 radical (unpaired) electrons. The maximum absolute atomic E-state index is 5.97. The van der Waals surface area contributed by atoms with Gasteiger partial charge in [0.2, 0.25) is 0 Å². The van der Waals surface area contributed by atoms with Crippen LogP contribution in [0.15, 0.2) is 18.2 Å². The largest absolute Gasteiger partial charge is 0.490 e. The number of hydrogen-bond donors (Lipinski definition) is 0. The minimum atomic E-state index is 0.424. The van der Waals surface area contributed by atoms with Crippen LogP contribution in [0.25, 0.3) is 0 Å². The van der Waals surface area contributed by atoms with Crippen molar-refractivity contribution in [3.63, 3.8) is 0 Å². The third-order valence-electron chi connectivity index (χ3n) is 3.45. The average Bonchev–Trinajstić information content (AvgIpc) is 2.98. The normalized spacial score (nSPS) is 18.2. The summed E-state index contributed by atoms with van der Waals surface area (Å²) >= 11 is 5.97. The molecule has 1 atom stereocenters. The van der Waals surface area contributed by atoms with E-state index in [1.54, 1.807) is 0 Å². The zero-order chi connectivity index (χ0) is 14.2. The maximum Gasteiger partial charge on any atom is 0.165 e. The fraction of sp³-hybridized carbons (Fsp3) is 0.625. The van der Waals surface area contributed by atoms with Gasteiger partial charge in [-0.1, -0.05) is 12.1 Å². The van der Waals surface area contributed by atoms with E-state index in [2.05, 4.69) is 0 Å². The molecule has 0 aromatic heterocycles. The van der Waals surface area contributed by atoms with Crippen molar-refractivity contribution >= 4 is 11.6 Å². The third kappa shape index (κ3) is 4.29. The molecule has 1 aliphatic rings. The highest BCUT2D eigenvalue weighted by molar-refractivity contribution is 6.17. The smallest absolute Gasteiger partial charge is 0.165 e. The van der Waals surface area contributed by atoms with E-state index in [-0.39, 0.29) is 0 Å². The molecule has 1 aromatic rings. The monoisotopic (exact) mass is 298 g/mol. The lowest BCUT2D eigenvalue weighted by molar-refractivity contribution is 0.0979. The predicted octanol–water partition coefficient (Wildman–Crippen LogP) is 4.16. The molecule has 0 aliphatic carbocycles. The van der Waals surface area contributed by atoms with E-state index in [4.69, 9.17) is 25.8 Å². The second kappa shape index (κ2) is 8.38. The third-order valence-corrected chi connectivity index (χ3v) is 3.73. The van der Waals surface area contributed by atoms with Crippen LogP contribution in [-0.4, -0.2) is 25.9 Å². The summed E-state index contributed by atoms with van der Waals surface area (Å²) in [4.78, 5) is 0. The van der Waals surface area contributed by atoms with Crippen LogP contribution in [-0.2, 0) is 10.6 Å². The van der Waals surface area contributed by atoms with Crippen molar-refractivity contribution < 1.29 is 14.2 Å². The van der Waals surface area contributed by atoms with Gasteiger partial charge in [-0.3, -0.25) is 0 Å². The van der Waals surface area contributed by atoms with Crippen molar-refractivity contribution in [1.29, 1.82) is 0 Å². The van der Waals surface area contributed by atoms with Crippen molar-refractivity contribution in [2.24, 2.45) is 0 Å². The first kappa shape index (κ1) is 15.5. The van der Waals surface area contributed by atoms with Gasteiger partial charge in [-0.25, -0.2) is 0 Å². The van der Waals surface area contributed by atoms with E-state index >= 15 is 0 Å². The van der Waals surface area contributed by atoms with Gasteiger partial charge in [0.1, 0.15) is 0 Å². The number of benzene rings is 1. The first-order chi connectivity index (χ1) is 9.85. The number of halogens is 1. The van der Waals surface area contributed by atoms with Gasteiger partial charge in [0.25, 0.3) is 0 Å². The average molecular weight is 299 g/mol. The number of para-hydroxylation sites is 1. The van der Waals surface area contributed by atoms with Crippen LogP contribution in [0.1, 0.15) is 38.2 Å². The predicted molar refractivity (Wildman–Crippen MR) is 80.9 cm³/mol. The van der Waals surface area contributed by atoms with E-state index in [1.165, 1.54) is 12.8 Å². The molecule has 2 rings (SSSR count). The van der Waals surface area contributed by atoms with Crippen molar-refractivity contribution in [3.05, 3.63) is 23.8 Å². The molecule has 0 spiro atoms. The Morgan fingerprint density at radius 2 is 2.25 bits per heavy atom. The second-order valence-corrected chi connectivity index (χ2v) is 5.20. The standard InChI is InChI=1S/C16H23ClO3/c1-2-18-15-9-3-6-13(12-17)16(15)20-11-5-8-14-7-4-10-19-14/h3,6,9,14H,2,4-5,7-8,10-12H2,1H3. The van der Waals surface area contributed by atoms with Crippen LogP contribution in [0.4, 0.5) is 0 Å². The Kier molecular flexibility index (Phi) is 6.48. The van der Waals surface area contributed by atoms with Gasteiger partial charge >= 0.3 is 0 Å². The molecule has 1 heterocycles. The highest BCUT2D eigenvalue weighted by Crippen LogP contribution is 2.32. The molecule has 112 valence electrons. The van der Waals surface area contributed by atoms with Gasteiger partial charge < -0.3 is 14.2 Å². The van der Waals surface area contributed by atoms with E-state index in [0.717, 1.165) is 36.5 Å². The molecular weight excluding hydrogens is 276 g/mol. The van der Waals surface area contributed by atoms with Crippen LogP contribution < -0.4 is 9.47 Å². The number of alkyl halides is 1. The Bertz CT molecular complexity index is 403. The fourth-order valence-electron chi connectivity index (χ4n) is 2.46. The van der Waals surface area contributed by atoms with Gasteiger partial charge in [-0.05, 0) is 38.7 Å². The highest BCUT2D eigenvalue weighted by atomic mass is 35.5. The molecule has 1 aliphatic heterocycles. The van der Waals surface area contributed by atoms with E-state index in [1.807, 2.05) is 25.1 Å². The lowest BCUT2D eigenvalue weighted by Gasteiger charge is -2.15. The number of ether oxygens (including phenoxy) is 3. The Morgan fingerprint density at radius 1 is 1.35 bits per heavy atom. The lowest BCUT2D eigenvalue weighted by Crippen LogP contribution is -2.08. The summed E-state index contributed by atoms with van der Waals surface area (Å²) in [6.07, 6.45) is 4.85. The zero-order valence-electron chi connectivity index (χ0n) is 12.1. The molecule has 3 nitrogen and oxygen atoms in total.